The number of anilines is 1. The van der Waals surface area contributed by atoms with Crippen LogP contribution in [0.15, 0.2) is 69.4 Å². The summed E-state index contributed by atoms with van der Waals surface area (Å²) in [7, 11) is 0. The van der Waals surface area contributed by atoms with Crippen LogP contribution in [-0.4, -0.2) is 42.4 Å². The van der Waals surface area contributed by atoms with E-state index in [1.165, 1.54) is 16.4 Å². The molecule has 3 heterocycles. The van der Waals surface area contributed by atoms with E-state index in [2.05, 4.69) is 40.8 Å². The van der Waals surface area contributed by atoms with Gasteiger partial charge in [0, 0.05) is 38.3 Å². The second kappa shape index (κ2) is 9.37. The number of hydrogen-bond acceptors (Lipinski definition) is 9. The Kier molecular flexibility index (Phi) is 5.97. The summed E-state index contributed by atoms with van der Waals surface area (Å²) >= 11 is 7.42. The Bertz CT molecular complexity index is 1490. The zero-order valence-corrected chi connectivity index (χ0v) is 18.9. The molecule has 170 valence electrons. The summed E-state index contributed by atoms with van der Waals surface area (Å²) in [6.07, 6.45) is 3.37. The molecule has 0 aliphatic carbocycles. The predicted molar refractivity (Wildman–Crippen MR) is 128 cm³/mol. The van der Waals surface area contributed by atoms with Crippen LogP contribution in [0.4, 0.5) is 5.82 Å². The molecule has 0 aliphatic heterocycles. The first-order chi connectivity index (χ1) is 16.6. The van der Waals surface area contributed by atoms with Crippen LogP contribution in [0.25, 0.3) is 16.7 Å². The number of nitrogens with zero attached hydrogens (tertiary/aromatic N) is 6. The van der Waals surface area contributed by atoms with E-state index >= 15 is 0 Å². The molecule has 0 atom stereocenters. The smallest absolute Gasteiger partial charge is 0.293 e. The van der Waals surface area contributed by atoms with Crippen molar-refractivity contribution in [1.29, 1.82) is 0 Å². The number of aromatic amines is 1. The van der Waals surface area contributed by atoms with E-state index < -0.39 is 5.91 Å². The van der Waals surface area contributed by atoms with Gasteiger partial charge in [-0.2, -0.15) is 9.78 Å². The molecule has 0 bridgehead atoms. The van der Waals surface area contributed by atoms with Crippen LogP contribution < -0.4 is 11.2 Å². The number of thioether (sulfide) groups is 1. The highest BCUT2D eigenvalue weighted by Crippen LogP contribution is 2.27. The number of fused-ring (bicyclic) bond motifs is 1. The third kappa shape index (κ3) is 4.36. The number of carbonyl (C=O) groups is 1. The van der Waals surface area contributed by atoms with Gasteiger partial charge in [-0.05, 0) is 40.6 Å². The van der Waals surface area contributed by atoms with Crippen LogP contribution in [0.3, 0.4) is 0 Å². The fraction of sp³-hybridized carbons (Fsp3) is 0.0476. The Labute approximate surface area is 201 Å². The molecule has 5 aromatic rings. The average Bonchev–Trinajstić information content (AvgIpc) is 3.57. The van der Waals surface area contributed by atoms with Gasteiger partial charge in [-0.25, -0.2) is 10.1 Å². The van der Waals surface area contributed by atoms with Crippen LogP contribution in [0.1, 0.15) is 21.7 Å². The number of rotatable bonds is 7. The number of halogens is 1. The molecule has 0 spiro atoms. The Morgan fingerprint density at radius 2 is 2.06 bits per heavy atom. The lowest BCUT2D eigenvalue weighted by atomic mass is 10.2. The minimum Gasteiger partial charge on any atom is -0.378 e. The van der Waals surface area contributed by atoms with Crippen LogP contribution in [0.2, 0.25) is 5.02 Å². The van der Waals surface area contributed by atoms with Gasteiger partial charge in [-0.3, -0.25) is 4.79 Å². The summed E-state index contributed by atoms with van der Waals surface area (Å²) in [5.41, 5.74) is 10.7. The van der Waals surface area contributed by atoms with Crippen LogP contribution in [0, 0.1) is 0 Å². The SMILES string of the molecule is Nc1nonc1-n1nnc(C(=O)NN=Cc2c[nH]c3ccccc23)c1CSc1ccc(Cl)cc1. The Morgan fingerprint density at radius 3 is 2.85 bits per heavy atom. The summed E-state index contributed by atoms with van der Waals surface area (Å²) in [6, 6.07) is 15.1. The maximum Gasteiger partial charge on any atom is 0.293 e. The standard InChI is InChI=1S/C21H16ClN9O2S/c22-13-5-7-14(8-6-13)34-11-17-18(26-30-31(17)20-19(23)28-33-29-20)21(32)27-25-10-12-9-24-16-4-2-1-3-15(12)16/h1-10,24H,11H2,(H2,23,28)(H,27,32). The van der Waals surface area contributed by atoms with E-state index in [0.717, 1.165) is 21.4 Å². The number of benzene rings is 2. The van der Waals surface area contributed by atoms with Crippen molar-refractivity contribution in [2.24, 2.45) is 5.10 Å². The van der Waals surface area contributed by atoms with Crippen LogP contribution in [0.5, 0.6) is 0 Å². The predicted octanol–water partition coefficient (Wildman–Crippen LogP) is 3.42. The van der Waals surface area contributed by atoms with E-state index in [1.54, 1.807) is 18.3 Å². The van der Waals surface area contributed by atoms with Gasteiger partial charge in [-0.15, -0.1) is 16.9 Å². The maximum absolute atomic E-state index is 12.9. The number of carbonyl (C=O) groups excluding carboxylic acids is 1. The Balaban J connectivity index is 1.39. The summed E-state index contributed by atoms with van der Waals surface area (Å²) in [5, 5.41) is 21.1. The fourth-order valence-corrected chi connectivity index (χ4v) is 4.23. The summed E-state index contributed by atoms with van der Waals surface area (Å²) < 4.78 is 6.01. The highest BCUT2D eigenvalue weighted by Gasteiger charge is 2.24. The molecule has 11 nitrogen and oxygen atoms in total. The highest BCUT2D eigenvalue weighted by atomic mass is 35.5. The number of amides is 1. The van der Waals surface area contributed by atoms with Gasteiger partial charge in [0.05, 0.1) is 11.9 Å². The Morgan fingerprint density at radius 1 is 1.24 bits per heavy atom. The van der Waals surface area contributed by atoms with Crippen molar-refractivity contribution in [2.45, 2.75) is 10.6 Å². The largest absolute Gasteiger partial charge is 0.378 e. The molecule has 0 aliphatic rings. The van der Waals surface area contributed by atoms with Crippen LogP contribution in [-0.2, 0) is 5.75 Å². The molecule has 2 aromatic carbocycles. The molecule has 1 amide bonds. The van der Waals surface area contributed by atoms with Gasteiger partial charge < -0.3 is 10.7 Å². The van der Waals surface area contributed by atoms with Crippen molar-refractivity contribution in [1.82, 2.24) is 35.7 Å². The molecular formula is C21H16ClN9O2S. The minimum atomic E-state index is -0.538. The first-order valence-corrected chi connectivity index (χ1v) is 11.3. The minimum absolute atomic E-state index is 0.0203. The Hall–Kier alpha value is -4.16. The number of H-pyrrole nitrogens is 1. The second-order valence-electron chi connectivity index (χ2n) is 7.00. The van der Waals surface area contributed by atoms with Gasteiger partial charge in [0.2, 0.25) is 11.6 Å². The zero-order chi connectivity index (χ0) is 23.5. The number of nitrogens with one attached hydrogen (secondary N) is 2. The number of hydrogen-bond donors (Lipinski definition) is 3. The van der Waals surface area contributed by atoms with Gasteiger partial charge >= 0.3 is 0 Å². The van der Waals surface area contributed by atoms with Crippen molar-refractivity contribution in [3.63, 3.8) is 0 Å². The number of nitrogen functional groups attached to an aromatic ring is 1. The molecule has 5 rings (SSSR count). The maximum atomic E-state index is 12.9. The van der Waals surface area contributed by atoms with Gasteiger partial charge in [0.25, 0.3) is 5.91 Å². The van der Waals surface area contributed by atoms with Crippen molar-refractivity contribution in [3.8, 4) is 5.82 Å². The third-order valence-corrected chi connectivity index (χ3v) is 6.13. The number of aromatic nitrogens is 6. The molecule has 0 saturated heterocycles. The summed E-state index contributed by atoms with van der Waals surface area (Å²) in [4.78, 5) is 17.0. The lowest BCUT2D eigenvalue weighted by Gasteiger charge is -2.06. The summed E-state index contributed by atoms with van der Waals surface area (Å²) in [5.74, 6) is -0.0490. The molecule has 4 N–H and O–H groups in total. The highest BCUT2D eigenvalue weighted by molar-refractivity contribution is 7.98. The molecule has 0 saturated carbocycles. The van der Waals surface area contributed by atoms with E-state index in [1.807, 2.05) is 42.6 Å². The molecule has 0 radical (unpaired) electrons. The van der Waals surface area contributed by atoms with E-state index in [4.69, 9.17) is 17.3 Å². The molecule has 0 fully saturated rings. The van der Waals surface area contributed by atoms with E-state index in [0.29, 0.717) is 16.5 Å². The van der Waals surface area contributed by atoms with Crippen molar-refractivity contribution < 1.29 is 9.42 Å². The number of para-hydroxylation sites is 1. The molecule has 34 heavy (non-hydrogen) atoms. The summed E-state index contributed by atoms with van der Waals surface area (Å²) in [6.45, 7) is 0. The quantitative estimate of drug-likeness (QED) is 0.177. The molecular weight excluding hydrogens is 478 g/mol. The molecule has 3 aromatic heterocycles. The van der Waals surface area contributed by atoms with Gasteiger partial charge in [0.1, 0.15) is 0 Å². The normalized spacial score (nSPS) is 11.4. The van der Waals surface area contributed by atoms with Crippen molar-refractivity contribution in [2.75, 3.05) is 5.73 Å². The monoisotopic (exact) mass is 493 g/mol. The first kappa shape index (κ1) is 21.7. The number of nitrogens with two attached hydrogens (primary N) is 1. The second-order valence-corrected chi connectivity index (χ2v) is 8.49. The lowest BCUT2D eigenvalue weighted by Crippen LogP contribution is -2.20. The zero-order valence-electron chi connectivity index (χ0n) is 17.3. The average molecular weight is 494 g/mol. The third-order valence-electron chi connectivity index (χ3n) is 4.85. The fourth-order valence-electron chi connectivity index (χ4n) is 3.21. The topological polar surface area (TPSA) is 153 Å². The first-order valence-electron chi connectivity index (χ1n) is 9.91. The van der Waals surface area contributed by atoms with Crippen molar-refractivity contribution in [3.05, 3.63) is 76.7 Å². The molecule has 13 heteroatoms. The van der Waals surface area contributed by atoms with Gasteiger partial charge in [0.15, 0.2) is 5.69 Å². The van der Waals surface area contributed by atoms with Gasteiger partial charge in [-0.1, -0.05) is 35.0 Å². The van der Waals surface area contributed by atoms with Crippen LogP contribution >= 0.6 is 23.4 Å². The van der Waals surface area contributed by atoms with E-state index in [9.17, 15) is 4.79 Å². The van der Waals surface area contributed by atoms with Crippen molar-refractivity contribution >= 4 is 52.2 Å². The molecule has 0 unspecified atom stereocenters. The lowest BCUT2D eigenvalue weighted by molar-refractivity contribution is 0.0949. The van der Waals surface area contributed by atoms with E-state index in [-0.39, 0.29) is 17.3 Å². The number of hydrazone groups is 1.